The molecule has 1 unspecified atom stereocenters. The molecule has 0 N–H and O–H groups in total. The summed E-state index contributed by atoms with van der Waals surface area (Å²) >= 11 is 0. The van der Waals surface area contributed by atoms with Gasteiger partial charge in [-0.1, -0.05) is 46.1 Å². The van der Waals surface area contributed by atoms with Crippen LogP contribution in [0.3, 0.4) is 0 Å². The second-order valence-electron chi connectivity index (χ2n) is 7.85. The summed E-state index contributed by atoms with van der Waals surface area (Å²) in [6, 6.07) is 0. The predicted molar refractivity (Wildman–Crippen MR) is 91.2 cm³/mol. The highest BCUT2D eigenvalue weighted by Gasteiger charge is 2.47. The average molecular weight is 304 g/mol. The fourth-order valence-corrected chi connectivity index (χ4v) is 14.1. The van der Waals surface area contributed by atoms with Gasteiger partial charge in [0.05, 0.1) is 0 Å². The van der Waals surface area contributed by atoms with E-state index in [1.165, 1.54) is 0 Å². The fraction of sp³-hybridized carbons (Fsp3) is 0.846. The van der Waals surface area contributed by atoms with Crippen LogP contribution in [0, 0.1) is 0 Å². The van der Waals surface area contributed by atoms with Crippen LogP contribution in [0.4, 0.5) is 0 Å². The molecule has 18 heavy (non-hydrogen) atoms. The van der Waals surface area contributed by atoms with E-state index in [0.29, 0.717) is 0 Å². The van der Waals surface area contributed by atoms with Gasteiger partial charge in [0.15, 0.2) is 8.32 Å². The first-order chi connectivity index (χ1) is 7.67. The second-order valence-corrected chi connectivity index (χ2v) is 21.8. The van der Waals surface area contributed by atoms with Crippen molar-refractivity contribution in [1.82, 2.24) is 4.23 Å². The van der Waals surface area contributed by atoms with Crippen molar-refractivity contribution in [3.8, 4) is 0 Å². The van der Waals surface area contributed by atoms with Crippen LogP contribution in [0.1, 0.15) is 20.8 Å². The predicted octanol–water partition coefficient (Wildman–Crippen LogP) is 4.57. The SMILES string of the molecule is C=C[Si](C)(O[Si](C)(C)C(C)(C)C)N(C)[Si](C)(C)C. The zero-order chi connectivity index (χ0) is 15.0. The molecule has 0 aliphatic heterocycles. The summed E-state index contributed by atoms with van der Waals surface area (Å²) in [4.78, 5) is 0. The molecule has 0 rings (SSSR count). The Kier molecular flexibility index (Phi) is 5.45. The zero-order valence-electron chi connectivity index (χ0n) is 14.1. The first-order valence-corrected chi connectivity index (χ1v) is 15.5. The Morgan fingerprint density at radius 2 is 1.39 bits per heavy atom. The molecule has 0 aromatic rings. The molecule has 0 amide bonds. The number of hydrogen-bond donors (Lipinski definition) is 0. The minimum Gasteiger partial charge on any atom is -0.441 e. The van der Waals surface area contributed by atoms with E-state index in [2.05, 4.69) is 83.6 Å². The Labute approximate surface area is 118 Å². The maximum absolute atomic E-state index is 6.75. The van der Waals surface area contributed by atoms with Gasteiger partial charge in [-0.3, -0.25) is 0 Å². The Morgan fingerprint density at radius 1 is 1.00 bits per heavy atom. The van der Waals surface area contributed by atoms with E-state index >= 15 is 0 Å². The number of rotatable bonds is 5. The summed E-state index contributed by atoms with van der Waals surface area (Å²) in [6.45, 7) is 25.0. The van der Waals surface area contributed by atoms with Gasteiger partial charge < -0.3 is 8.35 Å². The van der Waals surface area contributed by atoms with E-state index in [9.17, 15) is 0 Å². The topological polar surface area (TPSA) is 12.5 Å². The quantitative estimate of drug-likeness (QED) is 0.690. The van der Waals surface area contributed by atoms with Crippen molar-refractivity contribution in [3.05, 3.63) is 12.3 Å². The van der Waals surface area contributed by atoms with E-state index < -0.39 is 25.0 Å². The molecule has 0 spiro atoms. The van der Waals surface area contributed by atoms with Gasteiger partial charge in [-0.2, -0.15) is 0 Å². The lowest BCUT2D eigenvalue weighted by Gasteiger charge is -2.49. The Bertz CT molecular complexity index is 304. The standard InChI is InChI=1S/C13H33NOSi3/c1-12-18(11,14(5)16(6,7)8)15-17(9,10)13(2,3)4/h12H,1H2,2-11H3. The van der Waals surface area contributed by atoms with Gasteiger partial charge in [0.2, 0.25) is 0 Å². The number of nitrogens with zero attached hydrogens (tertiary/aromatic N) is 1. The molecule has 5 heteroatoms. The van der Waals surface area contributed by atoms with Crippen LogP contribution in [0.5, 0.6) is 0 Å². The molecule has 0 aromatic carbocycles. The van der Waals surface area contributed by atoms with Crippen molar-refractivity contribution < 1.29 is 4.12 Å². The zero-order valence-corrected chi connectivity index (χ0v) is 17.1. The Morgan fingerprint density at radius 3 is 1.61 bits per heavy atom. The lowest BCUT2D eigenvalue weighted by atomic mass is 10.2. The molecule has 0 bridgehead atoms. The molecule has 0 saturated carbocycles. The van der Waals surface area contributed by atoms with E-state index in [1.807, 2.05) is 0 Å². The van der Waals surface area contributed by atoms with Crippen LogP contribution in [-0.2, 0) is 4.12 Å². The van der Waals surface area contributed by atoms with E-state index in [0.717, 1.165) is 0 Å². The largest absolute Gasteiger partial charge is 0.441 e. The summed E-state index contributed by atoms with van der Waals surface area (Å²) in [5.41, 5.74) is 2.10. The summed E-state index contributed by atoms with van der Waals surface area (Å²) in [6.07, 6.45) is 0. The van der Waals surface area contributed by atoms with Crippen LogP contribution >= 0.6 is 0 Å². The summed E-state index contributed by atoms with van der Waals surface area (Å²) in [5, 5.41) is 0.255. The van der Waals surface area contributed by atoms with Crippen molar-refractivity contribution in [2.45, 2.75) is 65.1 Å². The van der Waals surface area contributed by atoms with Gasteiger partial charge in [-0.25, -0.2) is 0 Å². The molecule has 0 saturated heterocycles. The normalized spacial score (nSPS) is 17.7. The summed E-state index contributed by atoms with van der Waals surface area (Å²) in [5.74, 6) is 0. The fourth-order valence-electron chi connectivity index (χ4n) is 1.58. The number of hydrogen-bond acceptors (Lipinski definition) is 2. The van der Waals surface area contributed by atoms with Crippen LogP contribution in [0.15, 0.2) is 12.3 Å². The highest BCUT2D eigenvalue weighted by molar-refractivity contribution is 6.94. The molecule has 108 valence electrons. The van der Waals surface area contributed by atoms with Crippen LogP contribution < -0.4 is 0 Å². The molecule has 0 fully saturated rings. The van der Waals surface area contributed by atoms with Crippen LogP contribution in [0.25, 0.3) is 0 Å². The van der Waals surface area contributed by atoms with Crippen LogP contribution in [-0.4, -0.2) is 36.3 Å². The molecule has 0 aliphatic carbocycles. The van der Waals surface area contributed by atoms with Gasteiger partial charge in [0.1, 0.15) is 8.24 Å². The monoisotopic (exact) mass is 303 g/mol. The smallest absolute Gasteiger partial charge is 0.276 e. The third-order valence-electron chi connectivity index (χ3n) is 4.32. The molecule has 0 radical (unpaired) electrons. The lowest BCUT2D eigenvalue weighted by molar-refractivity contribution is 0.447. The van der Waals surface area contributed by atoms with Gasteiger partial charge >= 0.3 is 0 Å². The molecule has 0 heterocycles. The Balaban J connectivity index is 5.29. The third kappa shape index (κ3) is 4.16. The van der Waals surface area contributed by atoms with Gasteiger partial charge in [-0.15, -0.1) is 6.58 Å². The van der Waals surface area contributed by atoms with Crippen molar-refractivity contribution in [2.24, 2.45) is 0 Å². The van der Waals surface area contributed by atoms with Crippen molar-refractivity contribution in [2.75, 3.05) is 7.05 Å². The highest BCUT2D eigenvalue weighted by Crippen LogP contribution is 2.39. The van der Waals surface area contributed by atoms with Gasteiger partial charge in [0, 0.05) is 0 Å². The molecule has 0 aliphatic rings. The van der Waals surface area contributed by atoms with E-state index in [4.69, 9.17) is 4.12 Å². The third-order valence-corrected chi connectivity index (χ3v) is 19.1. The summed E-state index contributed by atoms with van der Waals surface area (Å²) in [7, 11) is -2.84. The average Bonchev–Trinajstić information content (AvgIpc) is 2.12. The molecule has 1 atom stereocenters. The molecule has 2 nitrogen and oxygen atoms in total. The first-order valence-electron chi connectivity index (χ1n) is 6.75. The minimum atomic E-state index is -1.99. The highest BCUT2D eigenvalue weighted by atomic mass is 28.5. The van der Waals surface area contributed by atoms with Crippen molar-refractivity contribution >= 4 is 25.0 Å². The Hall–Kier alpha value is 0.311. The van der Waals surface area contributed by atoms with Crippen LogP contribution in [0.2, 0.25) is 44.3 Å². The van der Waals surface area contributed by atoms with E-state index in [-0.39, 0.29) is 5.04 Å². The molecule has 0 aromatic heterocycles. The van der Waals surface area contributed by atoms with Crippen molar-refractivity contribution in [3.63, 3.8) is 0 Å². The van der Waals surface area contributed by atoms with Gasteiger partial charge in [0.25, 0.3) is 8.48 Å². The summed E-state index contributed by atoms with van der Waals surface area (Å²) < 4.78 is 9.28. The lowest BCUT2D eigenvalue weighted by Crippen LogP contribution is -2.65. The van der Waals surface area contributed by atoms with E-state index in [1.54, 1.807) is 0 Å². The first kappa shape index (κ1) is 18.3. The second kappa shape index (κ2) is 5.36. The maximum atomic E-state index is 6.75. The molecular weight excluding hydrogens is 270 g/mol. The van der Waals surface area contributed by atoms with Crippen molar-refractivity contribution in [1.29, 1.82) is 0 Å². The molecular formula is C13H33NOSi3. The van der Waals surface area contributed by atoms with Gasteiger partial charge in [-0.05, 0) is 31.7 Å². The minimum absolute atomic E-state index is 0.255. The maximum Gasteiger partial charge on any atom is 0.276 e.